The first-order valence-corrected chi connectivity index (χ1v) is 7.28. The van der Waals surface area contributed by atoms with Crippen LogP contribution in [0.4, 0.5) is 0 Å². The number of carboxylic acids is 1. The zero-order valence-corrected chi connectivity index (χ0v) is 12.2. The van der Waals surface area contributed by atoms with Gasteiger partial charge in [0.15, 0.2) is 6.61 Å². The van der Waals surface area contributed by atoms with Gasteiger partial charge < -0.3 is 15.2 Å². The number of benzene rings is 1. The normalized spacial score (nSPS) is 21.6. The fourth-order valence-corrected chi connectivity index (χ4v) is 2.70. The number of carbonyl (C=O) groups is 2. The summed E-state index contributed by atoms with van der Waals surface area (Å²) < 4.78 is 5.43. The van der Waals surface area contributed by atoms with Crippen LogP contribution in [0.3, 0.4) is 0 Å². The molecule has 0 aromatic heterocycles. The van der Waals surface area contributed by atoms with Crippen LogP contribution in [0.5, 0.6) is 5.75 Å². The van der Waals surface area contributed by atoms with Gasteiger partial charge in [-0.1, -0.05) is 25.0 Å². The summed E-state index contributed by atoms with van der Waals surface area (Å²) in [5.41, 5.74) is 1.06. The molecule has 2 N–H and O–H groups in total. The molecule has 2 rings (SSSR count). The summed E-state index contributed by atoms with van der Waals surface area (Å²) in [7, 11) is 0. The van der Waals surface area contributed by atoms with Gasteiger partial charge in [-0.15, -0.1) is 0 Å². The summed E-state index contributed by atoms with van der Waals surface area (Å²) in [5, 5.41) is 12.0. The fourth-order valence-electron chi connectivity index (χ4n) is 2.70. The molecular formula is C16H21NO4. The van der Waals surface area contributed by atoms with Crippen LogP contribution in [0, 0.1) is 12.8 Å². The molecule has 1 aliphatic carbocycles. The van der Waals surface area contributed by atoms with E-state index in [1.54, 1.807) is 6.07 Å². The number of aliphatic carboxylic acids is 1. The maximum Gasteiger partial charge on any atom is 0.308 e. The molecule has 1 fully saturated rings. The molecule has 1 amide bonds. The average molecular weight is 291 g/mol. The van der Waals surface area contributed by atoms with E-state index in [1.807, 2.05) is 25.1 Å². The lowest BCUT2D eigenvalue weighted by atomic mass is 9.84. The molecule has 2 atom stereocenters. The highest BCUT2D eigenvalue weighted by atomic mass is 16.5. The highest BCUT2D eigenvalue weighted by molar-refractivity contribution is 5.79. The molecule has 0 spiro atoms. The highest BCUT2D eigenvalue weighted by Crippen LogP contribution is 2.24. The van der Waals surface area contributed by atoms with Crippen LogP contribution < -0.4 is 10.1 Å². The zero-order valence-electron chi connectivity index (χ0n) is 12.2. The van der Waals surface area contributed by atoms with Gasteiger partial charge >= 0.3 is 5.97 Å². The first-order valence-electron chi connectivity index (χ1n) is 7.28. The summed E-state index contributed by atoms with van der Waals surface area (Å²) in [4.78, 5) is 23.1. The predicted molar refractivity (Wildman–Crippen MR) is 78.2 cm³/mol. The Morgan fingerprint density at radius 1 is 1.33 bits per heavy atom. The minimum Gasteiger partial charge on any atom is -0.484 e. The quantitative estimate of drug-likeness (QED) is 0.871. The number of aryl methyl sites for hydroxylation is 1. The van der Waals surface area contributed by atoms with Crippen LogP contribution in [-0.4, -0.2) is 29.6 Å². The second kappa shape index (κ2) is 7.11. The van der Waals surface area contributed by atoms with E-state index in [-0.39, 0.29) is 18.6 Å². The van der Waals surface area contributed by atoms with Crippen molar-refractivity contribution in [3.63, 3.8) is 0 Å². The lowest BCUT2D eigenvalue weighted by molar-refractivity contribution is -0.144. The monoisotopic (exact) mass is 291 g/mol. The lowest BCUT2D eigenvalue weighted by Crippen LogP contribution is -2.46. The van der Waals surface area contributed by atoms with Crippen LogP contribution in [-0.2, 0) is 9.59 Å². The van der Waals surface area contributed by atoms with Crippen molar-refractivity contribution in [3.8, 4) is 5.75 Å². The van der Waals surface area contributed by atoms with Gasteiger partial charge in [-0.25, -0.2) is 0 Å². The number of ether oxygens (including phenoxy) is 1. The molecule has 1 aromatic rings. The van der Waals surface area contributed by atoms with Gasteiger partial charge in [0.05, 0.1) is 5.92 Å². The number of hydrogen-bond donors (Lipinski definition) is 2. The Hall–Kier alpha value is -2.04. The van der Waals surface area contributed by atoms with E-state index in [0.717, 1.165) is 18.4 Å². The molecule has 0 bridgehead atoms. The molecule has 0 radical (unpaired) electrons. The number of nitrogens with one attached hydrogen (secondary N) is 1. The Balaban J connectivity index is 1.84. The maximum atomic E-state index is 11.9. The number of rotatable bonds is 5. The minimum absolute atomic E-state index is 0.0910. The van der Waals surface area contributed by atoms with Crippen molar-refractivity contribution >= 4 is 11.9 Å². The fraction of sp³-hybridized carbons (Fsp3) is 0.500. The van der Waals surface area contributed by atoms with Gasteiger partial charge in [-0.3, -0.25) is 9.59 Å². The molecular weight excluding hydrogens is 270 g/mol. The number of carbonyl (C=O) groups excluding carboxylic acids is 1. The molecule has 1 saturated carbocycles. The molecule has 1 aromatic carbocycles. The number of hydrogen-bond acceptors (Lipinski definition) is 3. The van der Waals surface area contributed by atoms with Gasteiger partial charge in [0, 0.05) is 6.04 Å². The molecule has 5 nitrogen and oxygen atoms in total. The van der Waals surface area contributed by atoms with Gasteiger partial charge in [0.1, 0.15) is 5.75 Å². The molecule has 2 unspecified atom stereocenters. The largest absolute Gasteiger partial charge is 0.484 e. The van der Waals surface area contributed by atoms with Crippen molar-refractivity contribution in [2.45, 2.75) is 38.6 Å². The topological polar surface area (TPSA) is 75.6 Å². The van der Waals surface area contributed by atoms with Crippen molar-refractivity contribution in [2.24, 2.45) is 5.92 Å². The van der Waals surface area contributed by atoms with Gasteiger partial charge in [-0.05, 0) is 37.5 Å². The number of amides is 1. The molecule has 5 heteroatoms. The van der Waals surface area contributed by atoms with Crippen LogP contribution in [0.1, 0.15) is 31.2 Å². The van der Waals surface area contributed by atoms with E-state index in [4.69, 9.17) is 4.74 Å². The first kappa shape index (κ1) is 15.4. The molecule has 1 aliphatic rings. The smallest absolute Gasteiger partial charge is 0.308 e. The standard InChI is InChI=1S/C16H21NO4/c1-11-5-4-6-12(9-11)21-10-15(18)17-14-8-3-2-7-13(14)16(19)20/h4-6,9,13-14H,2-3,7-8,10H2,1H3,(H,17,18)(H,19,20). The summed E-state index contributed by atoms with van der Waals surface area (Å²) in [6, 6.07) is 7.18. The second-order valence-corrected chi connectivity index (χ2v) is 5.51. The summed E-state index contributed by atoms with van der Waals surface area (Å²) in [6.45, 7) is 1.86. The van der Waals surface area contributed by atoms with Crippen molar-refractivity contribution in [2.75, 3.05) is 6.61 Å². The Bertz CT molecular complexity index is 515. The molecule has 21 heavy (non-hydrogen) atoms. The van der Waals surface area contributed by atoms with Crippen molar-refractivity contribution in [1.82, 2.24) is 5.32 Å². The predicted octanol–water partition coefficient (Wildman–Crippen LogP) is 2.13. The van der Waals surface area contributed by atoms with Gasteiger partial charge in [0.25, 0.3) is 5.91 Å². The zero-order chi connectivity index (χ0) is 15.2. The van der Waals surface area contributed by atoms with Crippen molar-refractivity contribution in [3.05, 3.63) is 29.8 Å². The second-order valence-electron chi connectivity index (χ2n) is 5.51. The van der Waals surface area contributed by atoms with E-state index in [2.05, 4.69) is 5.32 Å². The third kappa shape index (κ3) is 4.48. The van der Waals surface area contributed by atoms with Crippen LogP contribution in [0.25, 0.3) is 0 Å². The van der Waals surface area contributed by atoms with Crippen LogP contribution >= 0.6 is 0 Å². The van der Waals surface area contributed by atoms with Gasteiger partial charge in [0.2, 0.25) is 0 Å². The Morgan fingerprint density at radius 3 is 2.81 bits per heavy atom. The maximum absolute atomic E-state index is 11.9. The van der Waals surface area contributed by atoms with Crippen molar-refractivity contribution < 1.29 is 19.4 Å². The molecule has 0 heterocycles. The Morgan fingerprint density at radius 2 is 2.10 bits per heavy atom. The molecule has 114 valence electrons. The van der Waals surface area contributed by atoms with Crippen molar-refractivity contribution in [1.29, 1.82) is 0 Å². The Kier molecular flexibility index (Phi) is 5.20. The van der Waals surface area contributed by atoms with Gasteiger partial charge in [-0.2, -0.15) is 0 Å². The Labute approximate surface area is 124 Å². The number of carboxylic acid groups (broad SMARTS) is 1. The minimum atomic E-state index is -0.834. The SMILES string of the molecule is Cc1cccc(OCC(=O)NC2CCCCC2C(=O)O)c1. The third-order valence-corrected chi connectivity index (χ3v) is 3.79. The summed E-state index contributed by atoms with van der Waals surface area (Å²) in [5.74, 6) is -0.945. The third-order valence-electron chi connectivity index (χ3n) is 3.79. The summed E-state index contributed by atoms with van der Waals surface area (Å²) >= 11 is 0. The average Bonchev–Trinajstić information content (AvgIpc) is 2.45. The van der Waals surface area contributed by atoms with E-state index in [9.17, 15) is 14.7 Å². The molecule has 0 saturated heterocycles. The van der Waals surface area contributed by atoms with E-state index >= 15 is 0 Å². The van der Waals surface area contributed by atoms with E-state index < -0.39 is 11.9 Å². The van der Waals surface area contributed by atoms with E-state index in [0.29, 0.717) is 18.6 Å². The highest BCUT2D eigenvalue weighted by Gasteiger charge is 2.31. The van der Waals surface area contributed by atoms with Crippen LogP contribution in [0.15, 0.2) is 24.3 Å². The lowest BCUT2D eigenvalue weighted by Gasteiger charge is -2.29. The van der Waals surface area contributed by atoms with E-state index in [1.165, 1.54) is 0 Å². The summed E-state index contributed by atoms with van der Waals surface area (Å²) in [6.07, 6.45) is 3.20. The first-order chi connectivity index (χ1) is 10.1. The van der Waals surface area contributed by atoms with Crippen LogP contribution in [0.2, 0.25) is 0 Å². The molecule has 0 aliphatic heterocycles.